The maximum absolute atomic E-state index is 8.93. The quantitative estimate of drug-likeness (QED) is 0.534. The molecule has 0 bridgehead atoms. The number of ether oxygens (including phenoxy) is 1. The van der Waals surface area contributed by atoms with Crippen molar-refractivity contribution in [3.8, 4) is 0 Å². The van der Waals surface area contributed by atoms with E-state index in [-0.39, 0.29) is 12.2 Å². The summed E-state index contributed by atoms with van der Waals surface area (Å²) in [5, 5.41) is 8.93. The minimum Gasteiger partial charge on any atom is -0.396 e. The summed E-state index contributed by atoms with van der Waals surface area (Å²) in [7, 11) is 0. The van der Waals surface area contributed by atoms with Crippen molar-refractivity contribution in [3.05, 3.63) is 11.6 Å². The molecule has 2 aliphatic rings. The van der Waals surface area contributed by atoms with Gasteiger partial charge in [-0.15, -0.1) is 0 Å². The van der Waals surface area contributed by atoms with Gasteiger partial charge in [-0.1, -0.05) is 11.6 Å². The summed E-state index contributed by atoms with van der Waals surface area (Å²) in [6.07, 6.45) is 6.74. The standard InChI is InChI=1S/C11H18O2/c1-9-2-4-10(5-3-9)11(6-7-12)8-13-11/h2,10,12H,3-8H2,1H3/t10-,11?/m0/s1. The fourth-order valence-electron chi connectivity index (χ4n) is 2.31. The van der Waals surface area contributed by atoms with Gasteiger partial charge in [0, 0.05) is 13.0 Å². The fourth-order valence-corrected chi connectivity index (χ4v) is 2.31. The van der Waals surface area contributed by atoms with E-state index in [0.717, 1.165) is 19.4 Å². The molecule has 1 unspecified atom stereocenters. The lowest BCUT2D eigenvalue weighted by Gasteiger charge is -2.26. The van der Waals surface area contributed by atoms with Gasteiger partial charge in [-0.2, -0.15) is 0 Å². The van der Waals surface area contributed by atoms with E-state index in [9.17, 15) is 0 Å². The van der Waals surface area contributed by atoms with Gasteiger partial charge < -0.3 is 9.84 Å². The third-order valence-electron chi connectivity index (χ3n) is 3.43. The largest absolute Gasteiger partial charge is 0.396 e. The normalized spacial score (nSPS) is 38.6. The van der Waals surface area contributed by atoms with Crippen LogP contribution < -0.4 is 0 Å². The van der Waals surface area contributed by atoms with Crippen LogP contribution >= 0.6 is 0 Å². The van der Waals surface area contributed by atoms with E-state index >= 15 is 0 Å². The number of aliphatic hydroxyl groups excluding tert-OH is 1. The van der Waals surface area contributed by atoms with Crippen molar-refractivity contribution in [2.24, 2.45) is 5.92 Å². The number of aliphatic hydroxyl groups is 1. The van der Waals surface area contributed by atoms with E-state index in [1.807, 2.05) is 0 Å². The predicted octanol–water partition coefficient (Wildman–Crippen LogP) is 1.88. The molecule has 0 radical (unpaired) electrons. The predicted molar refractivity (Wildman–Crippen MR) is 51.5 cm³/mol. The Bertz CT molecular complexity index is 216. The average Bonchev–Trinajstić information content (AvgIpc) is 2.87. The summed E-state index contributed by atoms with van der Waals surface area (Å²) >= 11 is 0. The molecule has 13 heavy (non-hydrogen) atoms. The van der Waals surface area contributed by atoms with E-state index in [1.165, 1.54) is 18.4 Å². The van der Waals surface area contributed by atoms with E-state index in [1.54, 1.807) is 0 Å². The molecule has 2 heteroatoms. The molecule has 0 aromatic carbocycles. The van der Waals surface area contributed by atoms with Gasteiger partial charge in [0.05, 0.1) is 12.2 Å². The maximum Gasteiger partial charge on any atom is 0.0969 e. The van der Waals surface area contributed by atoms with Crippen molar-refractivity contribution in [2.45, 2.75) is 38.2 Å². The van der Waals surface area contributed by atoms with Crippen molar-refractivity contribution >= 4 is 0 Å². The van der Waals surface area contributed by atoms with Crippen LogP contribution in [0.1, 0.15) is 32.6 Å². The molecule has 0 aromatic heterocycles. The van der Waals surface area contributed by atoms with Crippen LogP contribution in [0.5, 0.6) is 0 Å². The Morgan fingerprint density at radius 1 is 1.69 bits per heavy atom. The van der Waals surface area contributed by atoms with Crippen molar-refractivity contribution in [2.75, 3.05) is 13.2 Å². The molecule has 0 spiro atoms. The van der Waals surface area contributed by atoms with Gasteiger partial charge in [-0.3, -0.25) is 0 Å². The molecule has 74 valence electrons. The number of epoxide rings is 1. The van der Waals surface area contributed by atoms with Crippen molar-refractivity contribution in [3.63, 3.8) is 0 Å². The molecular formula is C11H18O2. The Morgan fingerprint density at radius 2 is 2.46 bits per heavy atom. The second-order valence-corrected chi connectivity index (χ2v) is 4.35. The van der Waals surface area contributed by atoms with E-state index in [0.29, 0.717) is 5.92 Å². The van der Waals surface area contributed by atoms with Crippen LogP contribution in [0.2, 0.25) is 0 Å². The Labute approximate surface area is 79.6 Å². The lowest BCUT2D eigenvalue weighted by Crippen LogP contribution is -2.27. The molecular weight excluding hydrogens is 164 g/mol. The van der Waals surface area contributed by atoms with Crippen LogP contribution in [0.3, 0.4) is 0 Å². The minimum atomic E-state index is 0.0615. The summed E-state index contributed by atoms with van der Waals surface area (Å²) in [6, 6.07) is 0. The van der Waals surface area contributed by atoms with E-state index in [4.69, 9.17) is 9.84 Å². The molecule has 0 amide bonds. The fraction of sp³-hybridized carbons (Fsp3) is 0.818. The molecule has 2 rings (SSSR count). The molecule has 1 N–H and O–H groups in total. The smallest absolute Gasteiger partial charge is 0.0969 e. The second-order valence-electron chi connectivity index (χ2n) is 4.35. The molecule has 1 fully saturated rings. The maximum atomic E-state index is 8.93. The highest BCUT2D eigenvalue weighted by Crippen LogP contribution is 2.44. The van der Waals surface area contributed by atoms with Gasteiger partial charge in [0.2, 0.25) is 0 Å². The average molecular weight is 182 g/mol. The first-order chi connectivity index (χ1) is 6.27. The zero-order valence-corrected chi connectivity index (χ0v) is 8.25. The number of hydrogen-bond acceptors (Lipinski definition) is 2. The van der Waals surface area contributed by atoms with Gasteiger partial charge in [0.15, 0.2) is 0 Å². The SMILES string of the molecule is CC1=CC[C@H](C2(CCO)CO2)CC1. The van der Waals surface area contributed by atoms with Gasteiger partial charge in [-0.25, -0.2) is 0 Å². The zero-order chi connectivity index (χ0) is 9.31. The van der Waals surface area contributed by atoms with Crippen LogP contribution in [-0.4, -0.2) is 23.9 Å². The first-order valence-electron chi connectivity index (χ1n) is 5.17. The number of hydrogen-bond donors (Lipinski definition) is 1. The van der Waals surface area contributed by atoms with Gasteiger partial charge >= 0.3 is 0 Å². The van der Waals surface area contributed by atoms with Crippen molar-refractivity contribution < 1.29 is 9.84 Å². The monoisotopic (exact) mass is 182 g/mol. The first-order valence-corrected chi connectivity index (χ1v) is 5.17. The second kappa shape index (κ2) is 3.43. The molecule has 1 heterocycles. The molecule has 1 aliphatic heterocycles. The van der Waals surface area contributed by atoms with Crippen LogP contribution in [0.15, 0.2) is 11.6 Å². The molecule has 1 saturated heterocycles. The Hall–Kier alpha value is -0.340. The summed E-state index contributed by atoms with van der Waals surface area (Å²) in [4.78, 5) is 0. The lowest BCUT2D eigenvalue weighted by atomic mass is 9.79. The van der Waals surface area contributed by atoms with Gasteiger partial charge in [0.25, 0.3) is 0 Å². The molecule has 2 nitrogen and oxygen atoms in total. The minimum absolute atomic E-state index is 0.0615. The van der Waals surface area contributed by atoms with Crippen molar-refractivity contribution in [1.82, 2.24) is 0 Å². The van der Waals surface area contributed by atoms with E-state index < -0.39 is 0 Å². The topological polar surface area (TPSA) is 32.8 Å². The molecule has 0 aromatic rings. The highest BCUT2D eigenvalue weighted by atomic mass is 16.6. The molecule has 0 saturated carbocycles. The van der Waals surface area contributed by atoms with Crippen LogP contribution in [0.4, 0.5) is 0 Å². The highest BCUT2D eigenvalue weighted by molar-refractivity contribution is 5.09. The summed E-state index contributed by atoms with van der Waals surface area (Å²) in [6.45, 7) is 3.33. The summed E-state index contributed by atoms with van der Waals surface area (Å²) < 4.78 is 5.52. The Kier molecular flexibility index (Phi) is 2.43. The summed E-state index contributed by atoms with van der Waals surface area (Å²) in [5.74, 6) is 0.656. The number of allylic oxidation sites excluding steroid dienone is 2. The van der Waals surface area contributed by atoms with E-state index in [2.05, 4.69) is 13.0 Å². The third kappa shape index (κ3) is 1.79. The van der Waals surface area contributed by atoms with Gasteiger partial charge in [-0.05, 0) is 32.1 Å². The Morgan fingerprint density at radius 3 is 2.92 bits per heavy atom. The zero-order valence-electron chi connectivity index (χ0n) is 8.25. The number of rotatable bonds is 3. The third-order valence-corrected chi connectivity index (χ3v) is 3.43. The molecule has 2 atom stereocenters. The van der Waals surface area contributed by atoms with Crippen LogP contribution in [0.25, 0.3) is 0 Å². The summed E-state index contributed by atoms with van der Waals surface area (Å²) in [5.41, 5.74) is 1.57. The first kappa shape index (κ1) is 9.22. The van der Waals surface area contributed by atoms with Crippen LogP contribution in [-0.2, 0) is 4.74 Å². The Balaban J connectivity index is 1.95. The van der Waals surface area contributed by atoms with Crippen LogP contribution in [0, 0.1) is 5.92 Å². The van der Waals surface area contributed by atoms with Gasteiger partial charge in [0.1, 0.15) is 0 Å². The van der Waals surface area contributed by atoms with Crippen molar-refractivity contribution in [1.29, 1.82) is 0 Å². The molecule has 1 aliphatic carbocycles. The highest BCUT2D eigenvalue weighted by Gasteiger charge is 2.50. The lowest BCUT2D eigenvalue weighted by molar-refractivity contribution is 0.153.